The van der Waals surface area contributed by atoms with E-state index in [0.717, 1.165) is 12.0 Å². The quantitative estimate of drug-likeness (QED) is 0.883. The number of nitrogen functional groups attached to an aromatic ring is 1. The maximum absolute atomic E-state index is 12.4. The van der Waals surface area contributed by atoms with Crippen LogP contribution in [0.15, 0.2) is 48.5 Å². The van der Waals surface area contributed by atoms with Gasteiger partial charge in [-0.25, -0.2) is 4.98 Å². The van der Waals surface area contributed by atoms with Crippen LogP contribution in [0.25, 0.3) is 0 Å². The Balaban J connectivity index is 1.71. The second kappa shape index (κ2) is 6.15. The molecule has 0 radical (unpaired) electrons. The number of likely N-dealkylation sites (tertiary alicyclic amines) is 1. The molecule has 5 heteroatoms. The first-order valence-electron chi connectivity index (χ1n) is 7.40. The van der Waals surface area contributed by atoms with Gasteiger partial charge in [-0.05, 0) is 24.1 Å². The molecule has 3 rings (SSSR count). The van der Waals surface area contributed by atoms with Crippen molar-refractivity contribution >= 4 is 11.7 Å². The molecule has 0 unspecified atom stereocenters. The van der Waals surface area contributed by atoms with E-state index in [-0.39, 0.29) is 11.8 Å². The Morgan fingerprint density at radius 2 is 1.95 bits per heavy atom. The minimum Gasteiger partial charge on any atom is -0.391 e. The lowest BCUT2D eigenvalue weighted by Gasteiger charge is -2.36. The fourth-order valence-electron chi connectivity index (χ4n) is 2.94. The van der Waals surface area contributed by atoms with Crippen LogP contribution in [0.1, 0.15) is 28.4 Å². The smallest absolute Gasteiger partial charge is 0.272 e. The molecule has 1 aromatic heterocycles. The van der Waals surface area contributed by atoms with Gasteiger partial charge < -0.3 is 15.7 Å². The van der Waals surface area contributed by atoms with Crippen LogP contribution < -0.4 is 5.73 Å². The number of nitrogens with two attached hydrogens (primary N) is 1. The average molecular weight is 297 g/mol. The highest BCUT2D eigenvalue weighted by Gasteiger charge is 2.31. The highest BCUT2D eigenvalue weighted by Crippen LogP contribution is 2.28. The summed E-state index contributed by atoms with van der Waals surface area (Å²) in [7, 11) is 0. The molecule has 2 atom stereocenters. The number of nitrogens with zero attached hydrogens (tertiary/aromatic N) is 2. The molecule has 2 aromatic rings. The number of amides is 1. The zero-order chi connectivity index (χ0) is 15.5. The SMILES string of the molecule is Nc1cccc(C(=O)N2CC[C@@H](c3ccccc3)[C@H](O)C2)n1. The molecule has 3 N–H and O–H groups in total. The first kappa shape index (κ1) is 14.5. The summed E-state index contributed by atoms with van der Waals surface area (Å²) in [6, 6.07) is 14.9. The zero-order valence-electron chi connectivity index (χ0n) is 12.2. The Kier molecular flexibility index (Phi) is 4.06. The molecule has 0 saturated carbocycles. The number of aliphatic hydroxyl groups is 1. The largest absolute Gasteiger partial charge is 0.391 e. The van der Waals surface area contributed by atoms with Gasteiger partial charge in [0.05, 0.1) is 6.10 Å². The second-order valence-electron chi connectivity index (χ2n) is 5.57. The minimum atomic E-state index is -0.568. The van der Waals surface area contributed by atoms with Gasteiger partial charge in [0.15, 0.2) is 0 Å². The van der Waals surface area contributed by atoms with E-state index in [4.69, 9.17) is 5.73 Å². The number of anilines is 1. The monoisotopic (exact) mass is 297 g/mol. The summed E-state index contributed by atoms with van der Waals surface area (Å²) < 4.78 is 0. The van der Waals surface area contributed by atoms with E-state index in [1.807, 2.05) is 30.3 Å². The van der Waals surface area contributed by atoms with E-state index in [1.165, 1.54) is 0 Å². The van der Waals surface area contributed by atoms with Gasteiger partial charge in [-0.15, -0.1) is 0 Å². The number of hydrogen-bond donors (Lipinski definition) is 2. The summed E-state index contributed by atoms with van der Waals surface area (Å²) in [6.45, 7) is 0.917. The molecule has 0 aliphatic carbocycles. The number of benzene rings is 1. The Morgan fingerprint density at radius 3 is 2.64 bits per heavy atom. The maximum Gasteiger partial charge on any atom is 0.272 e. The Labute approximate surface area is 129 Å². The normalized spacial score (nSPS) is 21.6. The lowest BCUT2D eigenvalue weighted by atomic mass is 9.87. The van der Waals surface area contributed by atoms with Crippen LogP contribution in [0.2, 0.25) is 0 Å². The number of rotatable bonds is 2. The predicted octanol–water partition coefficient (Wildman–Crippen LogP) is 1.65. The van der Waals surface area contributed by atoms with Crippen molar-refractivity contribution in [3.05, 3.63) is 59.8 Å². The van der Waals surface area contributed by atoms with Crippen molar-refractivity contribution in [3.63, 3.8) is 0 Å². The van der Waals surface area contributed by atoms with Crippen molar-refractivity contribution in [3.8, 4) is 0 Å². The number of hydrogen-bond acceptors (Lipinski definition) is 4. The fourth-order valence-corrected chi connectivity index (χ4v) is 2.94. The third kappa shape index (κ3) is 2.94. The number of aliphatic hydroxyl groups excluding tert-OH is 1. The Hall–Kier alpha value is -2.40. The van der Waals surface area contributed by atoms with Crippen LogP contribution in [0, 0.1) is 0 Å². The first-order chi connectivity index (χ1) is 10.6. The molecule has 1 saturated heterocycles. The van der Waals surface area contributed by atoms with E-state index >= 15 is 0 Å². The van der Waals surface area contributed by atoms with Gasteiger partial charge in [0.1, 0.15) is 11.5 Å². The van der Waals surface area contributed by atoms with Crippen molar-refractivity contribution in [2.75, 3.05) is 18.8 Å². The maximum atomic E-state index is 12.4. The van der Waals surface area contributed by atoms with Crippen molar-refractivity contribution in [1.82, 2.24) is 9.88 Å². The molecule has 1 amide bonds. The van der Waals surface area contributed by atoms with Crippen LogP contribution in [-0.4, -0.2) is 40.1 Å². The van der Waals surface area contributed by atoms with E-state index in [2.05, 4.69) is 4.98 Å². The summed E-state index contributed by atoms with van der Waals surface area (Å²) >= 11 is 0. The molecule has 1 aliphatic rings. The van der Waals surface area contributed by atoms with E-state index in [1.54, 1.807) is 23.1 Å². The molecule has 0 spiro atoms. The molecule has 114 valence electrons. The molecule has 0 bridgehead atoms. The van der Waals surface area contributed by atoms with Gasteiger partial charge >= 0.3 is 0 Å². The summed E-state index contributed by atoms with van der Waals surface area (Å²) in [5.74, 6) is 0.211. The number of piperidine rings is 1. The van der Waals surface area contributed by atoms with E-state index < -0.39 is 6.10 Å². The van der Waals surface area contributed by atoms with Gasteiger partial charge in [-0.2, -0.15) is 0 Å². The lowest BCUT2D eigenvalue weighted by Crippen LogP contribution is -2.46. The highest BCUT2D eigenvalue weighted by molar-refractivity contribution is 5.92. The standard InChI is InChI=1S/C17H19N3O2/c18-16-8-4-7-14(19-16)17(22)20-10-9-13(15(21)11-20)12-5-2-1-3-6-12/h1-8,13,15,21H,9-11H2,(H2,18,19)/t13-,15+/m0/s1. The molecular weight excluding hydrogens is 278 g/mol. The molecule has 1 fully saturated rings. The third-order valence-electron chi connectivity index (χ3n) is 4.09. The highest BCUT2D eigenvalue weighted by atomic mass is 16.3. The summed E-state index contributed by atoms with van der Waals surface area (Å²) in [5.41, 5.74) is 7.06. The number of pyridine rings is 1. The van der Waals surface area contributed by atoms with Crippen LogP contribution in [-0.2, 0) is 0 Å². The Morgan fingerprint density at radius 1 is 1.18 bits per heavy atom. The molecule has 22 heavy (non-hydrogen) atoms. The zero-order valence-corrected chi connectivity index (χ0v) is 12.2. The molecule has 2 heterocycles. The lowest BCUT2D eigenvalue weighted by molar-refractivity contribution is 0.0378. The van der Waals surface area contributed by atoms with Crippen LogP contribution in [0.5, 0.6) is 0 Å². The Bertz CT molecular complexity index is 660. The molecule has 1 aromatic carbocycles. The fraction of sp³-hybridized carbons (Fsp3) is 0.294. The van der Waals surface area contributed by atoms with Gasteiger partial charge in [0.2, 0.25) is 0 Å². The summed E-state index contributed by atoms with van der Waals surface area (Å²) in [4.78, 5) is 18.1. The van der Waals surface area contributed by atoms with Crippen LogP contribution >= 0.6 is 0 Å². The van der Waals surface area contributed by atoms with Gasteiger partial charge in [0.25, 0.3) is 5.91 Å². The molecular formula is C17H19N3O2. The van der Waals surface area contributed by atoms with Crippen molar-refractivity contribution < 1.29 is 9.90 Å². The second-order valence-corrected chi connectivity index (χ2v) is 5.57. The molecule has 5 nitrogen and oxygen atoms in total. The number of carbonyl (C=O) groups excluding carboxylic acids is 1. The van der Waals surface area contributed by atoms with E-state index in [0.29, 0.717) is 24.6 Å². The average Bonchev–Trinajstić information content (AvgIpc) is 2.55. The topological polar surface area (TPSA) is 79.5 Å². The van der Waals surface area contributed by atoms with Crippen LogP contribution in [0.4, 0.5) is 5.82 Å². The van der Waals surface area contributed by atoms with Crippen molar-refractivity contribution in [2.24, 2.45) is 0 Å². The van der Waals surface area contributed by atoms with Crippen molar-refractivity contribution in [1.29, 1.82) is 0 Å². The number of aromatic nitrogens is 1. The predicted molar refractivity (Wildman–Crippen MR) is 84.4 cm³/mol. The summed E-state index contributed by atoms with van der Waals surface area (Å²) in [5, 5.41) is 10.4. The van der Waals surface area contributed by atoms with Gasteiger partial charge in [-0.3, -0.25) is 4.79 Å². The minimum absolute atomic E-state index is 0.0686. The first-order valence-corrected chi connectivity index (χ1v) is 7.40. The van der Waals surface area contributed by atoms with Crippen molar-refractivity contribution in [2.45, 2.75) is 18.4 Å². The molecule has 1 aliphatic heterocycles. The van der Waals surface area contributed by atoms with E-state index in [9.17, 15) is 9.90 Å². The van der Waals surface area contributed by atoms with Crippen LogP contribution in [0.3, 0.4) is 0 Å². The summed E-state index contributed by atoms with van der Waals surface area (Å²) in [6.07, 6.45) is 0.167. The van der Waals surface area contributed by atoms with Gasteiger partial charge in [-0.1, -0.05) is 36.4 Å². The third-order valence-corrected chi connectivity index (χ3v) is 4.09. The van der Waals surface area contributed by atoms with Gasteiger partial charge in [0, 0.05) is 19.0 Å². The number of β-amino-alcohol motifs (C(OH)–C–C–N with tert-alkyl or cyclic N) is 1. The number of carbonyl (C=O) groups is 1.